The highest BCUT2D eigenvalue weighted by Gasteiger charge is 2.33. The summed E-state index contributed by atoms with van der Waals surface area (Å²) in [5, 5.41) is 0.364. The standard InChI is InChI=1S/C21H24F3N3O2Si/c1-14-17(21(22,23)24)7-8-18(26-14)16-12-27(13-29-10-11-30(2,3)4)20(28)15-6-5-9-25-19(15)16/h5-9,12H,10-11,13H2,1-4H3. The molecule has 3 aromatic rings. The van der Waals surface area contributed by atoms with Crippen LogP contribution >= 0.6 is 0 Å². The van der Waals surface area contributed by atoms with Crippen molar-refractivity contribution in [1.29, 1.82) is 0 Å². The molecule has 0 saturated heterocycles. The predicted octanol–water partition coefficient (Wildman–Crippen LogP) is 5.10. The van der Waals surface area contributed by atoms with Crippen molar-refractivity contribution in [1.82, 2.24) is 14.5 Å². The first kappa shape index (κ1) is 22.2. The number of alkyl halides is 3. The molecule has 0 fully saturated rings. The Kier molecular flexibility index (Phi) is 6.14. The van der Waals surface area contributed by atoms with E-state index in [1.165, 1.54) is 23.8 Å². The van der Waals surface area contributed by atoms with Gasteiger partial charge in [-0.05, 0) is 37.2 Å². The van der Waals surface area contributed by atoms with Crippen LogP contribution in [-0.4, -0.2) is 29.2 Å². The molecule has 3 heterocycles. The van der Waals surface area contributed by atoms with Gasteiger partial charge in [0.05, 0.1) is 27.9 Å². The van der Waals surface area contributed by atoms with Crippen molar-refractivity contribution in [3.63, 3.8) is 0 Å². The number of rotatable bonds is 6. The van der Waals surface area contributed by atoms with Crippen LogP contribution in [-0.2, 0) is 17.6 Å². The van der Waals surface area contributed by atoms with Gasteiger partial charge in [-0.3, -0.25) is 19.3 Å². The summed E-state index contributed by atoms with van der Waals surface area (Å²) >= 11 is 0. The van der Waals surface area contributed by atoms with Crippen molar-refractivity contribution in [3.8, 4) is 11.3 Å². The molecule has 0 atom stereocenters. The van der Waals surface area contributed by atoms with Crippen molar-refractivity contribution in [2.45, 2.75) is 45.5 Å². The summed E-state index contributed by atoms with van der Waals surface area (Å²) in [6.45, 7) is 8.63. The fourth-order valence-electron chi connectivity index (χ4n) is 3.06. The minimum atomic E-state index is -4.47. The number of hydrogen-bond donors (Lipinski definition) is 0. The van der Waals surface area contributed by atoms with Gasteiger partial charge in [0.15, 0.2) is 0 Å². The maximum Gasteiger partial charge on any atom is 0.418 e. The summed E-state index contributed by atoms with van der Waals surface area (Å²) in [5.74, 6) is 0. The third kappa shape index (κ3) is 4.96. The molecule has 0 bridgehead atoms. The van der Waals surface area contributed by atoms with E-state index in [9.17, 15) is 18.0 Å². The van der Waals surface area contributed by atoms with Crippen molar-refractivity contribution < 1.29 is 17.9 Å². The van der Waals surface area contributed by atoms with E-state index in [1.807, 2.05) is 0 Å². The second-order valence-electron chi connectivity index (χ2n) is 8.39. The molecule has 160 valence electrons. The van der Waals surface area contributed by atoms with Gasteiger partial charge in [0.25, 0.3) is 5.56 Å². The highest BCUT2D eigenvalue weighted by atomic mass is 28.3. The Morgan fingerprint density at radius 1 is 1.17 bits per heavy atom. The minimum absolute atomic E-state index is 0.0563. The fourth-order valence-corrected chi connectivity index (χ4v) is 3.81. The van der Waals surface area contributed by atoms with Gasteiger partial charge in [0.2, 0.25) is 0 Å². The largest absolute Gasteiger partial charge is 0.418 e. The zero-order valence-corrected chi connectivity index (χ0v) is 18.4. The predicted molar refractivity (Wildman–Crippen MR) is 113 cm³/mol. The second kappa shape index (κ2) is 8.31. The number of fused-ring (bicyclic) bond motifs is 1. The highest BCUT2D eigenvalue weighted by molar-refractivity contribution is 6.76. The summed E-state index contributed by atoms with van der Waals surface area (Å²) in [6, 6.07) is 6.56. The SMILES string of the molecule is Cc1nc(-c2cn(COCC[Si](C)(C)C)c(=O)c3cccnc23)ccc1C(F)(F)F. The monoisotopic (exact) mass is 435 g/mol. The second-order valence-corrected chi connectivity index (χ2v) is 14.0. The summed E-state index contributed by atoms with van der Waals surface area (Å²) in [6.07, 6.45) is -1.38. The van der Waals surface area contributed by atoms with Gasteiger partial charge in [-0.25, -0.2) is 0 Å². The van der Waals surface area contributed by atoms with E-state index in [0.29, 0.717) is 28.8 Å². The maximum atomic E-state index is 13.1. The van der Waals surface area contributed by atoms with Gasteiger partial charge >= 0.3 is 6.18 Å². The van der Waals surface area contributed by atoms with Gasteiger partial charge in [0, 0.05) is 32.6 Å². The Morgan fingerprint density at radius 3 is 2.53 bits per heavy atom. The molecule has 0 N–H and O–H groups in total. The Bertz CT molecular complexity index is 1120. The van der Waals surface area contributed by atoms with Gasteiger partial charge in [-0.15, -0.1) is 0 Å². The first-order valence-corrected chi connectivity index (χ1v) is 13.3. The average Bonchev–Trinajstić information content (AvgIpc) is 2.65. The highest BCUT2D eigenvalue weighted by Crippen LogP contribution is 2.33. The topological polar surface area (TPSA) is 57.0 Å². The van der Waals surface area contributed by atoms with E-state index < -0.39 is 19.8 Å². The van der Waals surface area contributed by atoms with Crippen molar-refractivity contribution >= 4 is 19.0 Å². The van der Waals surface area contributed by atoms with Crippen LogP contribution in [0.4, 0.5) is 13.2 Å². The first-order chi connectivity index (χ1) is 14.0. The first-order valence-electron chi connectivity index (χ1n) is 9.58. The Balaban J connectivity index is 2.03. The normalized spacial score (nSPS) is 12.5. The molecule has 0 aliphatic rings. The fraction of sp³-hybridized carbons (Fsp3) is 0.381. The lowest BCUT2D eigenvalue weighted by atomic mass is 10.1. The summed E-state index contributed by atoms with van der Waals surface area (Å²) in [5.41, 5.74) is 0.0154. The molecule has 0 aliphatic carbocycles. The zero-order chi connectivity index (χ0) is 22.1. The van der Waals surface area contributed by atoms with Crippen molar-refractivity contribution in [2.24, 2.45) is 0 Å². The lowest BCUT2D eigenvalue weighted by molar-refractivity contribution is -0.138. The number of hydrogen-bond acceptors (Lipinski definition) is 4. The molecule has 3 rings (SSSR count). The van der Waals surface area contributed by atoms with E-state index in [4.69, 9.17) is 4.74 Å². The van der Waals surface area contributed by atoms with E-state index in [1.54, 1.807) is 18.3 Å². The number of aromatic nitrogens is 3. The van der Waals surface area contributed by atoms with E-state index in [0.717, 1.165) is 12.1 Å². The third-order valence-electron chi connectivity index (χ3n) is 4.73. The Labute approximate surface area is 173 Å². The Hall–Kier alpha value is -2.52. The maximum absolute atomic E-state index is 13.1. The number of ether oxygens (including phenoxy) is 1. The molecule has 0 unspecified atom stereocenters. The summed E-state index contributed by atoms with van der Waals surface area (Å²) in [7, 11) is -1.27. The van der Waals surface area contributed by atoms with Gasteiger partial charge in [0.1, 0.15) is 6.73 Å². The van der Waals surface area contributed by atoms with Crippen LogP contribution in [0.1, 0.15) is 11.3 Å². The molecule has 0 radical (unpaired) electrons. The van der Waals surface area contributed by atoms with Crippen LogP contribution in [0.25, 0.3) is 22.2 Å². The van der Waals surface area contributed by atoms with E-state index >= 15 is 0 Å². The number of pyridine rings is 3. The average molecular weight is 436 g/mol. The number of halogens is 3. The smallest absolute Gasteiger partial charge is 0.361 e. The Morgan fingerprint density at radius 2 is 1.90 bits per heavy atom. The minimum Gasteiger partial charge on any atom is -0.361 e. The molecule has 0 aromatic carbocycles. The molecular weight excluding hydrogens is 411 g/mol. The molecular formula is C21H24F3N3O2Si. The molecule has 9 heteroatoms. The van der Waals surface area contributed by atoms with Gasteiger partial charge < -0.3 is 4.74 Å². The van der Waals surface area contributed by atoms with E-state index in [-0.39, 0.29) is 18.0 Å². The molecule has 0 saturated carbocycles. The van der Waals surface area contributed by atoms with Crippen LogP contribution < -0.4 is 5.56 Å². The zero-order valence-electron chi connectivity index (χ0n) is 17.4. The lowest BCUT2D eigenvalue weighted by Crippen LogP contribution is -2.25. The quantitative estimate of drug-likeness (QED) is 0.399. The molecule has 30 heavy (non-hydrogen) atoms. The van der Waals surface area contributed by atoms with Gasteiger partial charge in [-0.1, -0.05) is 19.6 Å². The van der Waals surface area contributed by atoms with Gasteiger partial charge in [-0.2, -0.15) is 13.2 Å². The van der Waals surface area contributed by atoms with Crippen LogP contribution in [0.2, 0.25) is 25.7 Å². The summed E-state index contributed by atoms with van der Waals surface area (Å²) in [4.78, 5) is 21.3. The third-order valence-corrected chi connectivity index (χ3v) is 6.44. The van der Waals surface area contributed by atoms with Crippen LogP contribution in [0.3, 0.4) is 0 Å². The van der Waals surface area contributed by atoms with Crippen LogP contribution in [0.15, 0.2) is 41.5 Å². The molecule has 3 aromatic heterocycles. The lowest BCUT2D eigenvalue weighted by Gasteiger charge is -2.17. The van der Waals surface area contributed by atoms with Crippen molar-refractivity contribution in [2.75, 3.05) is 6.61 Å². The van der Waals surface area contributed by atoms with Crippen molar-refractivity contribution in [3.05, 3.63) is 58.3 Å². The molecule has 0 aliphatic heterocycles. The molecule has 5 nitrogen and oxygen atoms in total. The summed E-state index contributed by atoms with van der Waals surface area (Å²) < 4.78 is 46.4. The number of nitrogens with zero attached hydrogens (tertiary/aromatic N) is 3. The molecule has 0 amide bonds. The van der Waals surface area contributed by atoms with Crippen LogP contribution in [0, 0.1) is 6.92 Å². The number of aryl methyl sites for hydroxylation is 1. The van der Waals surface area contributed by atoms with E-state index in [2.05, 4.69) is 29.6 Å². The van der Waals surface area contributed by atoms with Crippen LogP contribution in [0.5, 0.6) is 0 Å². The molecule has 0 spiro atoms.